The van der Waals surface area contributed by atoms with Crippen LogP contribution in [-0.4, -0.2) is 0 Å². The first-order valence-electron chi connectivity index (χ1n) is 2.98. The Morgan fingerprint density at radius 1 is 1.30 bits per heavy atom. The summed E-state index contributed by atoms with van der Waals surface area (Å²) < 4.78 is 12.0. The number of hydrogen-bond acceptors (Lipinski definition) is 0. The molecule has 0 rings (SSSR count). The summed E-state index contributed by atoms with van der Waals surface area (Å²) in [6.45, 7) is 10.2. The summed E-state index contributed by atoms with van der Waals surface area (Å²) in [5.74, 6) is -0.454. The van der Waals surface area contributed by atoms with Crippen LogP contribution in [0.4, 0.5) is 4.39 Å². The topological polar surface area (TPSA) is 0 Å². The average molecular weight is 138 g/mol. The van der Waals surface area contributed by atoms with Gasteiger partial charge in [-0.2, -0.15) is 0 Å². The molecule has 1 heteroatoms. The van der Waals surface area contributed by atoms with E-state index in [9.17, 15) is 4.39 Å². The van der Waals surface area contributed by atoms with Crippen LogP contribution < -0.4 is 0 Å². The van der Waals surface area contributed by atoms with Crippen molar-refractivity contribution in [2.24, 2.45) is 0 Å². The Bertz CT molecular complexity index is 175. The molecule has 0 unspecified atom stereocenters. The van der Waals surface area contributed by atoms with Crippen molar-refractivity contribution < 1.29 is 4.39 Å². The zero-order valence-electron chi connectivity index (χ0n) is 5.94. The van der Waals surface area contributed by atoms with Crippen molar-refractivity contribution in [3.05, 3.63) is 49.4 Å². The van der Waals surface area contributed by atoms with Crippen molar-refractivity contribution in [2.75, 3.05) is 0 Å². The molecule has 0 aliphatic rings. The lowest BCUT2D eigenvalue weighted by molar-refractivity contribution is 0.671. The summed E-state index contributed by atoms with van der Waals surface area (Å²) in [7, 11) is 0. The summed E-state index contributed by atoms with van der Waals surface area (Å²) >= 11 is 0. The van der Waals surface area contributed by atoms with Gasteiger partial charge in [-0.25, -0.2) is 4.39 Å². The molecule has 0 heterocycles. The van der Waals surface area contributed by atoms with E-state index < -0.39 is 5.83 Å². The van der Waals surface area contributed by atoms with E-state index in [-0.39, 0.29) is 0 Å². The number of halogens is 1. The van der Waals surface area contributed by atoms with Gasteiger partial charge in [-0.15, -0.1) is 6.58 Å². The Morgan fingerprint density at radius 3 is 2.30 bits per heavy atom. The number of hydrogen-bond donors (Lipinski definition) is 0. The molecular formula is C9H11F. The van der Waals surface area contributed by atoms with Gasteiger partial charge in [0.25, 0.3) is 0 Å². The average Bonchev–Trinajstić information content (AvgIpc) is 1.85. The molecule has 0 nitrogen and oxygen atoms in total. The second-order valence-corrected chi connectivity index (χ2v) is 1.93. The third kappa shape index (κ3) is 5.04. The minimum atomic E-state index is -0.454. The van der Waals surface area contributed by atoms with E-state index in [1.807, 2.05) is 0 Å². The lowest BCUT2D eigenvalue weighted by Gasteiger charge is -1.89. The van der Waals surface area contributed by atoms with Crippen LogP contribution >= 0.6 is 0 Å². The SMILES string of the molecule is C=CCC(=C)/C=C\C(=C)F. The molecule has 0 fully saturated rings. The van der Waals surface area contributed by atoms with Crippen LogP contribution in [0.1, 0.15) is 6.42 Å². The molecule has 0 aromatic carbocycles. The zero-order valence-corrected chi connectivity index (χ0v) is 5.94. The molecule has 0 aromatic heterocycles. The van der Waals surface area contributed by atoms with Crippen molar-refractivity contribution >= 4 is 0 Å². The molecule has 0 saturated heterocycles. The van der Waals surface area contributed by atoms with E-state index in [4.69, 9.17) is 0 Å². The van der Waals surface area contributed by atoms with Gasteiger partial charge >= 0.3 is 0 Å². The lowest BCUT2D eigenvalue weighted by Crippen LogP contribution is -1.70. The molecule has 54 valence electrons. The van der Waals surface area contributed by atoms with E-state index >= 15 is 0 Å². The Hall–Kier alpha value is -1.11. The van der Waals surface area contributed by atoms with E-state index in [0.29, 0.717) is 6.42 Å². The van der Waals surface area contributed by atoms with E-state index in [2.05, 4.69) is 19.7 Å². The molecular weight excluding hydrogens is 127 g/mol. The van der Waals surface area contributed by atoms with Crippen LogP contribution in [-0.2, 0) is 0 Å². The first kappa shape index (κ1) is 8.89. The third-order valence-corrected chi connectivity index (χ3v) is 0.906. The fraction of sp³-hybridized carbons (Fsp3) is 0.111. The zero-order chi connectivity index (χ0) is 7.98. The summed E-state index contributed by atoms with van der Waals surface area (Å²) in [5, 5.41) is 0. The fourth-order valence-corrected chi connectivity index (χ4v) is 0.462. The molecule has 0 aliphatic heterocycles. The maximum absolute atomic E-state index is 12.0. The van der Waals surface area contributed by atoms with E-state index in [0.717, 1.165) is 5.57 Å². The van der Waals surface area contributed by atoms with Crippen molar-refractivity contribution in [2.45, 2.75) is 6.42 Å². The molecule has 0 saturated carbocycles. The third-order valence-electron chi connectivity index (χ3n) is 0.906. The second-order valence-electron chi connectivity index (χ2n) is 1.93. The first-order valence-corrected chi connectivity index (χ1v) is 2.98. The normalized spacial score (nSPS) is 9.70. The molecule has 0 atom stereocenters. The van der Waals surface area contributed by atoms with Gasteiger partial charge in [-0.05, 0) is 12.5 Å². The Labute approximate surface area is 61.1 Å². The largest absolute Gasteiger partial charge is 0.208 e. The lowest BCUT2D eigenvalue weighted by atomic mass is 10.2. The van der Waals surface area contributed by atoms with Gasteiger partial charge in [0.05, 0.1) is 0 Å². The molecule has 0 radical (unpaired) electrons. The maximum Gasteiger partial charge on any atom is 0.116 e. The summed E-state index contributed by atoms with van der Waals surface area (Å²) in [6.07, 6.45) is 5.27. The van der Waals surface area contributed by atoms with Gasteiger partial charge < -0.3 is 0 Å². The molecule has 0 spiro atoms. The molecule has 10 heavy (non-hydrogen) atoms. The molecule has 0 aromatic rings. The van der Waals surface area contributed by atoms with Crippen LogP contribution in [0.2, 0.25) is 0 Å². The van der Waals surface area contributed by atoms with Gasteiger partial charge in [0.15, 0.2) is 0 Å². The van der Waals surface area contributed by atoms with Crippen LogP contribution in [0, 0.1) is 0 Å². The summed E-state index contributed by atoms with van der Waals surface area (Å²) in [5.41, 5.74) is 0.828. The number of allylic oxidation sites excluding steroid dienone is 5. The Balaban J connectivity index is 3.77. The van der Waals surface area contributed by atoms with Crippen LogP contribution in [0.5, 0.6) is 0 Å². The minimum absolute atomic E-state index is 0.454. The number of rotatable bonds is 4. The van der Waals surface area contributed by atoms with E-state index in [1.54, 1.807) is 12.2 Å². The van der Waals surface area contributed by atoms with Crippen LogP contribution in [0.15, 0.2) is 49.4 Å². The van der Waals surface area contributed by atoms with Crippen molar-refractivity contribution in [3.63, 3.8) is 0 Å². The Kier molecular flexibility index (Phi) is 4.21. The quantitative estimate of drug-likeness (QED) is 0.413. The van der Waals surface area contributed by atoms with Gasteiger partial charge in [0.1, 0.15) is 5.83 Å². The van der Waals surface area contributed by atoms with Gasteiger partial charge in [-0.3, -0.25) is 0 Å². The minimum Gasteiger partial charge on any atom is -0.208 e. The van der Waals surface area contributed by atoms with Gasteiger partial charge in [-0.1, -0.05) is 30.9 Å². The van der Waals surface area contributed by atoms with Crippen LogP contribution in [0.25, 0.3) is 0 Å². The summed E-state index contributed by atoms with van der Waals surface area (Å²) in [6, 6.07) is 0. The predicted molar refractivity (Wildman–Crippen MR) is 43.3 cm³/mol. The monoisotopic (exact) mass is 138 g/mol. The van der Waals surface area contributed by atoms with Gasteiger partial charge in [0, 0.05) is 0 Å². The molecule has 0 amide bonds. The highest BCUT2D eigenvalue weighted by atomic mass is 19.1. The van der Waals surface area contributed by atoms with Crippen molar-refractivity contribution in [3.8, 4) is 0 Å². The smallest absolute Gasteiger partial charge is 0.116 e. The highest BCUT2D eigenvalue weighted by molar-refractivity contribution is 5.22. The fourth-order valence-electron chi connectivity index (χ4n) is 0.462. The predicted octanol–water partition coefficient (Wildman–Crippen LogP) is 3.16. The Morgan fingerprint density at radius 2 is 1.90 bits per heavy atom. The standard InChI is InChI=1S/C9H11F/c1-4-5-8(2)6-7-9(3)10/h4,6-7H,1-3,5H2/b7-6-. The summed E-state index contributed by atoms with van der Waals surface area (Å²) in [4.78, 5) is 0. The molecule has 0 aliphatic carbocycles. The highest BCUT2D eigenvalue weighted by Crippen LogP contribution is 2.02. The van der Waals surface area contributed by atoms with Gasteiger partial charge in [0.2, 0.25) is 0 Å². The van der Waals surface area contributed by atoms with E-state index in [1.165, 1.54) is 6.08 Å². The van der Waals surface area contributed by atoms with Crippen LogP contribution in [0.3, 0.4) is 0 Å². The van der Waals surface area contributed by atoms with Crippen molar-refractivity contribution in [1.29, 1.82) is 0 Å². The maximum atomic E-state index is 12.0. The first-order chi connectivity index (χ1) is 4.66. The molecule has 0 N–H and O–H groups in total. The highest BCUT2D eigenvalue weighted by Gasteiger charge is 1.83. The van der Waals surface area contributed by atoms with Crippen molar-refractivity contribution in [1.82, 2.24) is 0 Å². The second kappa shape index (κ2) is 4.74. The molecule has 0 bridgehead atoms.